The van der Waals surface area contributed by atoms with Crippen LogP contribution in [0.15, 0.2) is 28.7 Å². The molecule has 1 heterocycles. The number of amides is 2. The predicted molar refractivity (Wildman–Crippen MR) is 84.5 cm³/mol. The van der Waals surface area contributed by atoms with Crippen LogP contribution < -0.4 is 15.6 Å². The van der Waals surface area contributed by atoms with Crippen molar-refractivity contribution in [3.05, 3.63) is 39.3 Å². The van der Waals surface area contributed by atoms with E-state index in [4.69, 9.17) is 4.74 Å². The number of hydrogen-bond acceptors (Lipinski definition) is 6. The first-order valence-electron chi connectivity index (χ1n) is 6.28. The van der Waals surface area contributed by atoms with Gasteiger partial charge in [0, 0.05) is 4.47 Å². The smallest absolute Gasteiger partial charge is 0.283 e. The van der Waals surface area contributed by atoms with Gasteiger partial charge in [0.25, 0.3) is 11.8 Å². The number of halogens is 1. The number of rotatable bonds is 4. The highest BCUT2D eigenvalue weighted by Gasteiger charge is 2.18. The lowest BCUT2D eigenvalue weighted by Gasteiger charge is -2.15. The maximum atomic E-state index is 11.9. The second-order valence-electron chi connectivity index (χ2n) is 4.35. The lowest BCUT2D eigenvalue weighted by atomic mass is 10.3. The maximum Gasteiger partial charge on any atom is 0.283 e. The van der Waals surface area contributed by atoms with E-state index in [9.17, 15) is 9.59 Å². The molecule has 22 heavy (non-hydrogen) atoms. The molecule has 7 nitrogen and oxygen atoms in total. The molecule has 0 fully saturated rings. The lowest BCUT2D eigenvalue weighted by molar-refractivity contribution is -0.128. The van der Waals surface area contributed by atoms with Gasteiger partial charge in [-0.05, 0) is 43.6 Å². The fourth-order valence-electron chi connectivity index (χ4n) is 1.51. The van der Waals surface area contributed by atoms with Crippen LogP contribution in [0.3, 0.4) is 0 Å². The molecule has 2 rings (SSSR count). The normalized spacial score (nSPS) is 11.6. The van der Waals surface area contributed by atoms with Crippen molar-refractivity contribution < 1.29 is 14.3 Å². The van der Waals surface area contributed by atoms with Crippen molar-refractivity contribution in [3.63, 3.8) is 0 Å². The number of ether oxygens (including phenoxy) is 1. The van der Waals surface area contributed by atoms with Gasteiger partial charge in [0.15, 0.2) is 6.10 Å². The van der Waals surface area contributed by atoms with Crippen LogP contribution in [0.4, 0.5) is 0 Å². The van der Waals surface area contributed by atoms with Gasteiger partial charge in [-0.15, -0.1) is 5.10 Å². The van der Waals surface area contributed by atoms with Crippen molar-refractivity contribution in [2.45, 2.75) is 20.0 Å². The molecule has 2 N–H and O–H groups in total. The van der Waals surface area contributed by atoms with Gasteiger partial charge in [-0.2, -0.15) is 0 Å². The van der Waals surface area contributed by atoms with Crippen molar-refractivity contribution in [1.29, 1.82) is 0 Å². The number of nitrogens with one attached hydrogen (secondary N) is 2. The van der Waals surface area contributed by atoms with Crippen LogP contribution in [-0.2, 0) is 4.79 Å². The average Bonchev–Trinajstić information content (AvgIpc) is 2.90. The van der Waals surface area contributed by atoms with Crippen LogP contribution in [0.25, 0.3) is 0 Å². The zero-order chi connectivity index (χ0) is 16.1. The summed E-state index contributed by atoms with van der Waals surface area (Å²) in [5, 5.41) is 3.73. The van der Waals surface area contributed by atoms with Gasteiger partial charge in [0.05, 0.1) is 5.69 Å². The monoisotopic (exact) mass is 384 g/mol. The average molecular weight is 385 g/mol. The number of carbonyl (C=O) groups is 2. The fourth-order valence-corrected chi connectivity index (χ4v) is 2.44. The van der Waals surface area contributed by atoms with Gasteiger partial charge >= 0.3 is 0 Å². The molecule has 0 spiro atoms. The van der Waals surface area contributed by atoms with Gasteiger partial charge in [0.2, 0.25) is 0 Å². The number of nitrogens with zero attached hydrogens (tertiary/aromatic N) is 2. The third-order valence-corrected chi connectivity index (χ3v) is 3.96. The lowest BCUT2D eigenvalue weighted by Crippen LogP contribution is -2.47. The Morgan fingerprint density at radius 3 is 2.77 bits per heavy atom. The molecule has 2 aromatic rings. The molecule has 116 valence electrons. The van der Waals surface area contributed by atoms with Crippen LogP contribution >= 0.6 is 27.5 Å². The molecule has 0 radical (unpaired) electrons. The standard InChI is InChI=1S/C13H13BrN4O3S/c1-7-11(22-18-15-7)13(20)17-16-12(19)8(2)21-10-5-3-4-9(14)6-10/h3-6,8H,1-2H3,(H,16,19)(H,17,20)/t8-/m0/s1. The summed E-state index contributed by atoms with van der Waals surface area (Å²) in [4.78, 5) is 24.1. The van der Waals surface area contributed by atoms with E-state index in [1.54, 1.807) is 32.0 Å². The molecular formula is C13H13BrN4O3S. The highest BCUT2D eigenvalue weighted by Crippen LogP contribution is 2.18. The molecule has 0 saturated heterocycles. The summed E-state index contributed by atoms with van der Waals surface area (Å²) in [6, 6.07) is 7.13. The summed E-state index contributed by atoms with van der Waals surface area (Å²) >= 11 is 4.28. The van der Waals surface area contributed by atoms with Crippen molar-refractivity contribution in [2.24, 2.45) is 0 Å². The number of aromatic nitrogens is 2. The highest BCUT2D eigenvalue weighted by molar-refractivity contribution is 9.10. The molecule has 9 heteroatoms. The Morgan fingerprint density at radius 2 is 2.14 bits per heavy atom. The van der Waals surface area contributed by atoms with E-state index in [1.165, 1.54) is 0 Å². The third-order valence-electron chi connectivity index (χ3n) is 2.64. The Balaban J connectivity index is 1.86. The maximum absolute atomic E-state index is 11.9. The largest absolute Gasteiger partial charge is 0.481 e. The molecule has 0 unspecified atom stereocenters. The van der Waals surface area contributed by atoms with Gasteiger partial charge in [-0.3, -0.25) is 20.4 Å². The SMILES string of the molecule is Cc1nnsc1C(=O)NNC(=O)[C@H](C)Oc1cccc(Br)c1. The Bertz CT molecular complexity index is 691. The minimum Gasteiger partial charge on any atom is -0.481 e. The van der Waals surface area contributed by atoms with Crippen molar-refractivity contribution >= 4 is 39.3 Å². The first-order valence-corrected chi connectivity index (χ1v) is 7.85. The van der Waals surface area contributed by atoms with Crippen LogP contribution in [0, 0.1) is 6.92 Å². The minimum atomic E-state index is -0.768. The van der Waals surface area contributed by atoms with Gasteiger partial charge in [0.1, 0.15) is 10.6 Å². The molecule has 0 aliphatic rings. The third kappa shape index (κ3) is 4.25. The van der Waals surface area contributed by atoms with Gasteiger partial charge in [-0.1, -0.05) is 26.5 Å². The molecule has 0 saturated carbocycles. The number of carbonyl (C=O) groups excluding carboxylic acids is 2. The van der Waals surface area contributed by atoms with E-state index in [-0.39, 0.29) is 0 Å². The van der Waals surface area contributed by atoms with E-state index in [0.717, 1.165) is 16.0 Å². The van der Waals surface area contributed by atoms with Crippen LogP contribution in [-0.4, -0.2) is 27.5 Å². The zero-order valence-corrected chi connectivity index (χ0v) is 14.2. The van der Waals surface area contributed by atoms with E-state index in [1.807, 2.05) is 6.07 Å². The van der Waals surface area contributed by atoms with E-state index in [2.05, 4.69) is 36.4 Å². The van der Waals surface area contributed by atoms with Crippen molar-refractivity contribution in [1.82, 2.24) is 20.4 Å². The topological polar surface area (TPSA) is 93.2 Å². The summed E-state index contributed by atoms with van der Waals surface area (Å²) in [6.45, 7) is 3.25. The molecule has 1 aromatic heterocycles. The Morgan fingerprint density at radius 1 is 1.36 bits per heavy atom. The summed E-state index contributed by atoms with van der Waals surface area (Å²) < 4.78 is 9.99. The molecular weight excluding hydrogens is 372 g/mol. The molecule has 0 bridgehead atoms. The number of aryl methyl sites for hydroxylation is 1. The Labute approximate surface area is 139 Å². The number of hydrazine groups is 1. The van der Waals surface area contributed by atoms with Crippen molar-refractivity contribution in [2.75, 3.05) is 0 Å². The summed E-state index contributed by atoms with van der Waals surface area (Å²) in [6.07, 6.45) is -0.768. The van der Waals surface area contributed by atoms with Crippen LogP contribution in [0.1, 0.15) is 22.3 Å². The van der Waals surface area contributed by atoms with E-state index >= 15 is 0 Å². The predicted octanol–water partition coefficient (Wildman–Crippen LogP) is 1.84. The van der Waals surface area contributed by atoms with Gasteiger partial charge < -0.3 is 4.74 Å². The first kappa shape index (κ1) is 16.4. The summed E-state index contributed by atoms with van der Waals surface area (Å²) in [7, 11) is 0. The fraction of sp³-hybridized carbons (Fsp3) is 0.231. The number of benzene rings is 1. The van der Waals surface area contributed by atoms with Gasteiger partial charge in [-0.25, -0.2) is 0 Å². The second kappa shape index (κ2) is 7.32. The Hall–Kier alpha value is -2.00. The second-order valence-corrected chi connectivity index (χ2v) is 6.02. The highest BCUT2D eigenvalue weighted by atomic mass is 79.9. The Kier molecular flexibility index (Phi) is 5.45. The van der Waals surface area contributed by atoms with Crippen molar-refractivity contribution in [3.8, 4) is 5.75 Å². The molecule has 0 aliphatic heterocycles. The minimum absolute atomic E-state index is 0.348. The van der Waals surface area contributed by atoms with E-state index in [0.29, 0.717) is 16.3 Å². The zero-order valence-electron chi connectivity index (χ0n) is 11.8. The van der Waals surface area contributed by atoms with E-state index < -0.39 is 17.9 Å². The molecule has 1 aromatic carbocycles. The first-order chi connectivity index (χ1) is 10.5. The quantitative estimate of drug-likeness (QED) is 0.784. The number of hydrogen-bond donors (Lipinski definition) is 2. The summed E-state index contributed by atoms with van der Waals surface area (Å²) in [5.74, 6) is -0.384. The molecule has 1 atom stereocenters. The van der Waals surface area contributed by atoms with Crippen LogP contribution in [0.2, 0.25) is 0 Å². The van der Waals surface area contributed by atoms with Crippen LogP contribution in [0.5, 0.6) is 5.75 Å². The molecule has 2 amide bonds. The molecule has 0 aliphatic carbocycles. The summed E-state index contributed by atoms with van der Waals surface area (Å²) in [5.41, 5.74) is 5.12.